The van der Waals surface area contributed by atoms with Gasteiger partial charge in [-0.2, -0.15) is 0 Å². The van der Waals surface area contributed by atoms with E-state index in [0.29, 0.717) is 0 Å². The predicted molar refractivity (Wildman–Crippen MR) is 32.2 cm³/mol. The van der Waals surface area contributed by atoms with E-state index in [1.54, 1.807) is 5.32 Å². The molecule has 1 fully saturated rings. The Kier molecular flexibility index (Phi) is 1.56. The lowest BCUT2D eigenvalue weighted by Crippen LogP contribution is -2.66. The minimum atomic E-state index is -2.12. The molecular weight excluding hydrogens is 155 g/mol. The van der Waals surface area contributed by atoms with Gasteiger partial charge in [0.05, 0.1) is 0 Å². The van der Waals surface area contributed by atoms with Gasteiger partial charge in [0, 0.05) is 0 Å². The number of hydrogen-bond donors (Lipinski definition) is 3. The van der Waals surface area contributed by atoms with Gasteiger partial charge in [-0.25, -0.2) is 9.18 Å². The van der Waals surface area contributed by atoms with Crippen LogP contribution in [0, 0.1) is 0 Å². The molecule has 3 amide bonds. The van der Waals surface area contributed by atoms with Gasteiger partial charge in [0.25, 0.3) is 5.91 Å². The van der Waals surface area contributed by atoms with Crippen LogP contribution in [-0.4, -0.2) is 28.9 Å². The third kappa shape index (κ3) is 1.30. The molecular formula is C5H7FN2O3. The zero-order valence-corrected chi connectivity index (χ0v) is 5.72. The standard InChI is InChI=1S/C5H7FN2O3/c1-5(11)2(6)3(9)7-4(10)8-5/h2,11H,1H3,(H2,7,8,9,10)/t2-,5-/m0/s1. The Morgan fingerprint density at radius 2 is 2.18 bits per heavy atom. The number of aliphatic hydroxyl groups is 1. The number of halogens is 1. The number of alkyl halides is 1. The zero-order chi connectivity index (χ0) is 8.65. The molecule has 1 aliphatic heterocycles. The van der Waals surface area contributed by atoms with Crippen LogP contribution in [0.3, 0.4) is 0 Å². The van der Waals surface area contributed by atoms with Crippen LogP contribution in [0.5, 0.6) is 0 Å². The molecule has 0 saturated carbocycles. The molecule has 0 radical (unpaired) electrons. The molecule has 0 spiro atoms. The van der Waals surface area contributed by atoms with Gasteiger partial charge in [-0.05, 0) is 6.92 Å². The number of urea groups is 1. The van der Waals surface area contributed by atoms with E-state index in [2.05, 4.69) is 0 Å². The van der Waals surface area contributed by atoms with Gasteiger partial charge in [-0.15, -0.1) is 0 Å². The molecule has 5 nitrogen and oxygen atoms in total. The molecule has 0 aromatic carbocycles. The van der Waals surface area contributed by atoms with E-state index >= 15 is 0 Å². The van der Waals surface area contributed by atoms with Crippen LogP contribution in [0.2, 0.25) is 0 Å². The van der Waals surface area contributed by atoms with E-state index in [1.165, 1.54) is 0 Å². The molecule has 0 aromatic heterocycles. The molecule has 1 rings (SSSR count). The first-order chi connectivity index (χ1) is 4.93. The molecule has 0 bridgehead atoms. The van der Waals surface area contributed by atoms with E-state index in [-0.39, 0.29) is 0 Å². The Bertz CT molecular complexity index is 216. The summed E-state index contributed by atoms with van der Waals surface area (Å²) in [5, 5.41) is 12.5. The molecule has 11 heavy (non-hydrogen) atoms. The van der Waals surface area contributed by atoms with Gasteiger partial charge in [-0.1, -0.05) is 0 Å². The van der Waals surface area contributed by atoms with Crippen molar-refractivity contribution in [3.63, 3.8) is 0 Å². The maximum Gasteiger partial charge on any atom is 0.323 e. The van der Waals surface area contributed by atoms with Gasteiger partial charge in [0.2, 0.25) is 6.17 Å². The minimum Gasteiger partial charge on any atom is -0.368 e. The number of carbonyl (C=O) groups excluding carboxylic acids is 2. The van der Waals surface area contributed by atoms with E-state index in [9.17, 15) is 14.0 Å². The number of amides is 3. The molecule has 1 aliphatic rings. The fraction of sp³-hybridized carbons (Fsp3) is 0.600. The van der Waals surface area contributed by atoms with Crippen molar-refractivity contribution in [1.82, 2.24) is 10.6 Å². The monoisotopic (exact) mass is 162 g/mol. The summed E-state index contributed by atoms with van der Waals surface area (Å²) >= 11 is 0. The lowest BCUT2D eigenvalue weighted by Gasteiger charge is -2.31. The van der Waals surface area contributed by atoms with Crippen molar-refractivity contribution in [3.8, 4) is 0 Å². The van der Waals surface area contributed by atoms with E-state index in [0.717, 1.165) is 6.92 Å². The second kappa shape index (κ2) is 2.16. The van der Waals surface area contributed by atoms with Crippen LogP contribution in [0.1, 0.15) is 6.92 Å². The maximum absolute atomic E-state index is 12.7. The summed E-state index contributed by atoms with van der Waals surface area (Å²) in [4.78, 5) is 21.0. The van der Waals surface area contributed by atoms with Crippen molar-refractivity contribution in [2.75, 3.05) is 0 Å². The first kappa shape index (κ1) is 7.93. The van der Waals surface area contributed by atoms with E-state index in [4.69, 9.17) is 5.11 Å². The highest BCUT2D eigenvalue weighted by molar-refractivity contribution is 6.00. The summed E-state index contributed by atoms with van der Waals surface area (Å²) in [5.41, 5.74) is -2.10. The Morgan fingerprint density at radius 1 is 1.64 bits per heavy atom. The van der Waals surface area contributed by atoms with E-state index < -0.39 is 23.8 Å². The first-order valence-electron chi connectivity index (χ1n) is 2.93. The number of imide groups is 1. The van der Waals surface area contributed by atoms with Crippen LogP contribution in [0.15, 0.2) is 0 Å². The fourth-order valence-electron chi connectivity index (χ4n) is 0.755. The fourth-order valence-corrected chi connectivity index (χ4v) is 0.755. The smallest absolute Gasteiger partial charge is 0.323 e. The molecule has 3 N–H and O–H groups in total. The second-order valence-corrected chi connectivity index (χ2v) is 2.45. The quantitative estimate of drug-likeness (QED) is 0.422. The number of rotatable bonds is 0. The third-order valence-electron chi connectivity index (χ3n) is 1.33. The summed E-state index contributed by atoms with van der Waals surface area (Å²) in [7, 11) is 0. The van der Waals surface area contributed by atoms with Crippen LogP contribution in [0.4, 0.5) is 9.18 Å². The highest BCUT2D eigenvalue weighted by atomic mass is 19.1. The maximum atomic E-state index is 12.7. The Labute approximate surface area is 61.6 Å². The van der Waals surface area contributed by atoms with Crippen LogP contribution in [-0.2, 0) is 4.79 Å². The molecule has 0 aromatic rings. The van der Waals surface area contributed by atoms with Crippen molar-refractivity contribution in [2.24, 2.45) is 0 Å². The van der Waals surface area contributed by atoms with E-state index in [1.807, 2.05) is 5.32 Å². The lowest BCUT2D eigenvalue weighted by atomic mass is 10.1. The summed E-state index contributed by atoms with van der Waals surface area (Å²) in [6.45, 7) is 1.01. The molecule has 1 heterocycles. The molecule has 6 heteroatoms. The SMILES string of the molecule is C[C@@]1(O)NC(=O)NC(=O)[C@@H]1F. The van der Waals surface area contributed by atoms with Gasteiger partial charge in [0.1, 0.15) is 0 Å². The summed E-state index contributed by atoms with van der Waals surface area (Å²) in [6, 6.07) is -0.895. The number of nitrogens with one attached hydrogen (secondary N) is 2. The van der Waals surface area contributed by atoms with Crippen molar-refractivity contribution in [2.45, 2.75) is 18.8 Å². The second-order valence-electron chi connectivity index (χ2n) is 2.45. The van der Waals surface area contributed by atoms with Crippen LogP contribution in [0.25, 0.3) is 0 Å². The summed E-state index contributed by atoms with van der Waals surface area (Å²) < 4.78 is 12.7. The Hall–Kier alpha value is -1.17. The number of carbonyl (C=O) groups is 2. The third-order valence-corrected chi connectivity index (χ3v) is 1.33. The molecule has 62 valence electrons. The summed E-state index contributed by atoms with van der Waals surface area (Å²) in [6.07, 6.45) is -2.12. The van der Waals surface area contributed by atoms with Gasteiger partial charge in [0.15, 0.2) is 5.72 Å². The first-order valence-corrected chi connectivity index (χ1v) is 2.93. The van der Waals surface area contributed by atoms with Crippen LogP contribution < -0.4 is 10.6 Å². The molecule has 1 saturated heterocycles. The Balaban J connectivity index is 2.83. The van der Waals surface area contributed by atoms with Crippen molar-refractivity contribution < 1.29 is 19.1 Å². The highest BCUT2D eigenvalue weighted by Gasteiger charge is 2.44. The number of hydrogen-bond acceptors (Lipinski definition) is 3. The van der Waals surface area contributed by atoms with Crippen LogP contribution >= 0.6 is 0 Å². The topological polar surface area (TPSA) is 78.4 Å². The zero-order valence-electron chi connectivity index (χ0n) is 5.72. The average molecular weight is 162 g/mol. The van der Waals surface area contributed by atoms with Gasteiger partial charge < -0.3 is 10.4 Å². The Morgan fingerprint density at radius 3 is 2.64 bits per heavy atom. The molecule has 0 unspecified atom stereocenters. The summed E-state index contributed by atoms with van der Waals surface area (Å²) in [5.74, 6) is -1.13. The normalized spacial score (nSPS) is 37.9. The average Bonchev–Trinajstić information content (AvgIpc) is 1.81. The molecule has 0 aliphatic carbocycles. The highest BCUT2D eigenvalue weighted by Crippen LogP contribution is 2.12. The lowest BCUT2D eigenvalue weighted by molar-refractivity contribution is -0.139. The van der Waals surface area contributed by atoms with Crippen molar-refractivity contribution >= 4 is 11.9 Å². The van der Waals surface area contributed by atoms with Crippen molar-refractivity contribution in [3.05, 3.63) is 0 Å². The molecule has 2 atom stereocenters. The minimum absolute atomic E-state index is 0.895. The largest absolute Gasteiger partial charge is 0.368 e. The predicted octanol–water partition coefficient (Wildman–Crippen LogP) is -1.13. The van der Waals surface area contributed by atoms with Gasteiger partial charge >= 0.3 is 6.03 Å². The van der Waals surface area contributed by atoms with Crippen molar-refractivity contribution in [1.29, 1.82) is 0 Å². The van der Waals surface area contributed by atoms with Gasteiger partial charge in [-0.3, -0.25) is 10.1 Å².